The molecule has 0 saturated heterocycles. The largest absolute Gasteiger partial charge is 0.468 e. The number of methoxy groups -OCH3 is 1. The summed E-state index contributed by atoms with van der Waals surface area (Å²) in [6.45, 7) is 1.99. The van der Waals surface area contributed by atoms with Crippen LogP contribution < -0.4 is 5.73 Å². The molecule has 0 spiro atoms. The molecule has 2 rings (SSSR count). The number of esters is 1. The molecule has 2 aromatic heterocycles. The van der Waals surface area contributed by atoms with Crippen molar-refractivity contribution in [3.63, 3.8) is 0 Å². The van der Waals surface area contributed by atoms with E-state index in [2.05, 4.69) is 9.97 Å². The summed E-state index contributed by atoms with van der Waals surface area (Å²) >= 11 is 2.78. The molecule has 0 aliphatic carbocycles. The molecule has 0 aliphatic heterocycles. The highest BCUT2D eigenvalue weighted by Crippen LogP contribution is 2.35. The molecule has 0 fully saturated rings. The van der Waals surface area contributed by atoms with Crippen LogP contribution in [-0.4, -0.2) is 23.0 Å². The number of rotatable bonds is 5. The van der Waals surface area contributed by atoms with Crippen LogP contribution in [0.15, 0.2) is 28.0 Å². The molecule has 1 atom stereocenters. The summed E-state index contributed by atoms with van der Waals surface area (Å²) < 4.78 is 4.85. The summed E-state index contributed by atoms with van der Waals surface area (Å²) in [6.07, 6.45) is 0.765. The number of carbonyl (C=O) groups is 1. The number of aryl methyl sites for hydroxylation is 1. The molecule has 0 amide bonds. The molecule has 106 valence electrons. The molecule has 0 bridgehead atoms. The molecule has 20 heavy (non-hydrogen) atoms. The van der Waals surface area contributed by atoms with Crippen molar-refractivity contribution in [1.82, 2.24) is 9.97 Å². The third-order valence-electron chi connectivity index (χ3n) is 2.63. The molecule has 2 aromatic rings. The van der Waals surface area contributed by atoms with Crippen LogP contribution in [-0.2, 0) is 16.0 Å². The molecule has 0 saturated carbocycles. The minimum atomic E-state index is -0.474. The number of nitrogens with two attached hydrogens (primary N) is 1. The van der Waals surface area contributed by atoms with E-state index in [4.69, 9.17) is 10.5 Å². The third kappa shape index (κ3) is 3.49. The molecular formula is C13H15N3O2S2. The van der Waals surface area contributed by atoms with Gasteiger partial charge in [-0.25, -0.2) is 9.97 Å². The summed E-state index contributed by atoms with van der Waals surface area (Å²) in [5.74, 6) is 0.0887. The number of aromatic nitrogens is 2. The van der Waals surface area contributed by atoms with Gasteiger partial charge in [-0.3, -0.25) is 4.79 Å². The van der Waals surface area contributed by atoms with E-state index in [0.29, 0.717) is 11.0 Å². The second-order valence-electron chi connectivity index (χ2n) is 4.00. The van der Waals surface area contributed by atoms with Gasteiger partial charge in [0.25, 0.3) is 0 Å². The Morgan fingerprint density at radius 2 is 2.35 bits per heavy atom. The lowest BCUT2D eigenvalue weighted by molar-refractivity contribution is -0.140. The summed E-state index contributed by atoms with van der Waals surface area (Å²) in [5.41, 5.74) is 7.50. The Labute approximate surface area is 125 Å². The monoisotopic (exact) mass is 309 g/mol. The van der Waals surface area contributed by atoms with Gasteiger partial charge in [0.2, 0.25) is 0 Å². The van der Waals surface area contributed by atoms with Gasteiger partial charge in [-0.05, 0) is 28.8 Å². The standard InChI is InChI=1S/C13H15N3O2S2/c1-3-9-6-10(14)16-13(15-9)20-11(12(17)18-2)8-4-5-19-7-8/h4-7,11H,3H2,1-2H3,(H2,14,15,16)/t11-/m1/s1. The summed E-state index contributed by atoms with van der Waals surface area (Å²) in [4.78, 5) is 20.5. The Hall–Kier alpha value is -1.60. The average Bonchev–Trinajstić information content (AvgIpc) is 2.97. The van der Waals surface area contributed by atoms with Gasteiger partial charge < -0.3 is 10.5 Å². The Balaban J connectivity index is 2.28. The first-order valence-corrected chi connectivity index (χ1v) is 7.86. The summed E-state index contributed by atoms with van der Waals surface area (Å²) in [5, 5.41) is 3.85. The molecule has 7 heteroatoms. The summed E-state index contributed by atoms with van der Waals surface area (Å²) in [6, 6.07) is 3.63. The van der Waals surface area contributed by atoms with E-state index in [-0.39, 0.29) is 5.97 Å². The Morgan fingerprint density at radius 1 is 1.55 bits per heavy atom. The Morgan fingerprint density at radius 3 is 2.95 bits per heavy atom. The fourth-order valence-electron chi connectivity index (χ4n) is 1.62. The van der Waals surface area contributed by atoms with Gasteiger partial charge in [-0.1, -0.05) is 18.7 Å². The average molecular weight is 309 g/mol. The van der Waals surface area contributed by atoms with E-state index >= 15 is 0 Å². The summed E-state index contributed by atoms with van der Waals surface area (Å²) in [7, 11) is 1.37. The molecule has 5 nitrogen and oxygen atoms in total. The number of thiophene rings is 1. The zero-order valence-electron chi connectivity index (χ0n) is 11.2. The normalized spacial score (nSPS) is 12.1. The van der Waals surface area contributed by atoms with Gasteiger partial charge in [-0.15, -0.1) is 0 Å². The van der Waals surface area contributed by atoms with E-state index < -0.39 is 5.25 Å². The zero-order valence-corrected chi connectivity index (χ0v) is 12.8. The molecule has 0 aromatic carbocycles. The van der Waals surface area contributed by atoms with Crippen molar-refractivity contribution in [3.8, 4) is 0 Å². The van der Waals surface area contributed by atoms with Gasteiger partial charge >= 0.3 is 5.97 Å². The SMILES string of the molecule is CCc1cc(N)nc(S[C@@H](C(=O)OC)c2ccsc2)n1. The van der Waals surface area contributed by atoms with Crippen LogP contribution in [0.2, 0.25) is 0 Å². The van der Waals surface area contributed by atoms with Gasteiger partial charge in [0, 0.05) is 11.8 Å². The predicted octanol–water partition coefficient (Wildman–Crippen LogP) is 2.69. The number of anilines is 1. The van der Waals surface area contributed by atoms with Crippen LogP contribution >= 0.6 is 23.1 Å². The second-order valence-corrected chi connectivity index (χ2v) is 5.85. The van der Waals surface area contributed by atoms with Crippen molar-refractivity contribution in [2.24, 2.45) is 0 Å². The quantitative estimate of drug-likeness (QED) is 0.520. The topological polar surface area (TPSA) is 78.1 Å². The molecule has 0 aliphatic rings. The Bertz CT molecular complexity index is 587. The second kappa shape index (κ2) is 6.71. The van der Waals surface area contributed by atoms with Gasteiger partial charge in [0.15, 0.2) is 5.16 Å². The van der Waals surface area contributed by atoms with Gasteiger partial charge in [0.1, 0.15) is 11.1 Å². The first-order chi connectivity index (χ1) is 9.63. The van der Waals surface area contributed by atoms with Crippen LogP contribution in [0.3, 0.4) is 0 Å². The lowest BCUT2D eigenvalue weighted by Crippen LogP contribution is -2.11. The van der Waals surface area contributed by atoms with Crippen LogP contribution in [0, 0.1) is 0 Å². The highest BCUT2D eigenvalue weighted by molar-refractivity contribution is 8.00. The first-order valence-electron chi connectivity index (χ1n) is 6.04. The highest BCUT2D eigenvalue weighted by atomic mass is 32.2. The van der Waals surface area contributed by atoms with Crippen LogP contribution in [0.4, 0.5) is 5.82 Å². The maximum atomic E-state index is 11.9. The maximum Gasteiger partial charge on any atom is 0.323 e. The van der Waals surface area contributed by atoms with Gasteiger partial charge in [-0.2, -0.15) is 11.3 Å². The molecule has 2 heterocycles. The van der Waals surface area contributed by atoms with Crippen molar-refractivity contribution in [1.29, 1.82) is 0 Å². The number of hydrogen-bond acceptors (Lipinski definition) is 7. The molecular weight excluding hydrogens is 294 g/mol. The number of ether oxygens (including phenoxy) is 1. The molecule has 0 radical (unpaired) electrons. The van der Waals surface area contributed by atoms with Crippen molar-refractivity contribution >= 4 is 34.9 Å². The van der Waals surface area contributed by atoms with Gasteiger partial charge in [0.05, 0.1) is 7.11 Å². The maximum absolute atomic E-state index is 11.9. The smallest absolute Gasteiger partial charge is 0.323 e. The van der Waals surface area contributed by atoms with E-state index in [1.54, 1.807) is 6.07 Å². The van der Waals surface area contributed by atoms with E-state index in [1.165, 1.54) is 30.2 Å². The fraction of sp³-hybridized carbons (Fsp3) is 0.308. The Kier molecular flexibility index (Phi) is 4.97. The number of carbonyl (C=O) groups excluding carboxylic acids is 1. The molecule has 2 N–H and O–H groups in total. The minimum absolute atomic E-state index is 0.322. The van der Waals surface area contributed by atoms with E-state index in [0.717, 1.165) is 17.7 Å². The lowest BCUT2D eigenvalue weighted by Gasteiger charge is -2.12. The van der Waals surface area contributed by atoms with Crippen LogP contribution in [0.5, 0.6) is 0 Å². The van der Waals surface area contributed by atoms with Crippen LogP contribution in [0.1, 0.15) is 23.4 Å². The van der Waals surface area contributed by atoms with E-state index in [1.807, 2.05) is 23.8 Å². The van der Waals surface area contributed by atoms with Crippen molar-refractivity contribution in [2.75, 3.05) is 12.8 Å². The predicted molar refractivity (Wildman–Crippen MR) is 80.8 cm³/mol. The lowest BCUT2D eigenvalue weighted by atomic mass is 10.2. The highest BCUT2D eigenvalue weighted by Gasteiger charge is 2.24. The van der Waals surface area contributed by atoms with E-state index in [9.17, 15) is 4.79 Å². The number of thioether (sulfide) groups is 1. The fourth-order valence-corrected chi connectivity index (χ4v) is 3.40. The van der Waals surface area contributed by atoms with Crippen molar-refractivity contribution < 1.29 is 9.53 Å². The van der Waals surface area contributed by atoms with Crippen LogP contribution in [0.25, 0.3) is 0 Å². The minimum Gasteiger partial charge on any atom is -0.468 e. The number of nitrogens with zero attached hydrogens (tertiary/aromatic N) is 2. The first kappa shape index (κ1) is 14.8. The number of hydrogen-bond donors (Lipinski definition) is 1. The molecule has 0 unspecified atom stereocenters. The van der Waals surface area contributed by atoms with Crippen molar-refractivity contribution in [2.45, 2.75) is 23.8 Å². The van der Waals surface area contributed by atoms with Crippen molar-refractivity contribution in [3.05, 3.63) is 34.2 Å². The third-order valence-corrected chi connectivity index (χ3v) is 4.42. The zero-order chi connectivity index (χ0) is 14.5. The number of nitrogen functional groups attached to an aromatic ring is 1.